The molecule has 0 aliphatic carbocycles. The van der Waals surface area contributed by atoms with Gasteiger partial charge in [-0.2, -0.15) is 0 Å². The fourth-order valence-corrected chi connectivity index (χ4v) is 2.63. The third-order valence-corrected chi connectivity index (χ3v) is 3.59. The number of furan rings is 1. The lowest BCUT2D eigenvalue weighted by atomic mass is 10.0. The van der Waals surface area contributed by atoms with E-state index < -0.39 is 5.97 Å². The molecule has 0 bridgehead atoms. The summed E-state index contributed by atoms with van der Waals surface area (Å²) in [6.45, 7) is 2.03. The van der Waals surface area contributed by atoms with Gasteiger partial charge in [-0.1, -0.05) is 49.7 Å². The van der Waals surface area contributed by atoms with E-state index in [4.69, 9.17) is 4.42 Å². The lowest BCUT2D eigenvalue weighted by Gasteiger charge is -2.02. The van der Waals surface area contributed by atoms with E-state index in [-0.39, 0.29) is 5.76 Å². The molecular weight excluding hydrogens is 264 g/mol. The van der Waals surface area contributed by atoms with Gasteiger partial charge in [-0.05, 0) is 29.7 Å². The normalized spacial score (nSPS) is 10.9. The predicted octanol–water partition coefficient (Wildman–Crippen LogP) is 4.75. The predicted molar refractivity (Wildman–Crippen MR) is 82.6 cm³/mol. The smallest absolute Gasteiger partial charge is 0.372 e. The summed E-state index contributed by atoms with van der Waals surface area (Å²) in [6.07, 6.45) is 1.58. The molecule has 3 aromatic rings. The van der Waals surface area contributed by atoms with Crippen LogP contribution < -0.4 is 0 Å². The molecule has 0 saturated carbocycles. The fourth-order valence-electron chi connectivity index (χ4n) is 2.63. The van der Waals surface area contributed by atoms with Gasteiger partial charge in [0.15, 0.2) is 0 Å². The Morgan fingerprint density at radius 2 is 1.86 bits per heavy atom. The molecule has 3 heteroatoms. The van der Waals surface area contributed by atoms with E-state index in [9.17, 15) is 9.90 Å². The van der Waals surface area contributed by atoms with Crippen molar-refractivity contribution in [3.8, 4) is 11.1 Å². The highest BCUT2D eigenvalue weighted by Gasteiger charge is 2.19. The molecule has 0 spiro atoms. The summed E-state index contributed by atoms with van der Waals surface area (Å²) in [5, 5.41) is 10.2. The molecule has 2 aromatic carbocycles. The van der Waals surface area contributed by atoms with Crippen LogP contribution in [0.5, 0.6) is 0 Å². The molecule has 0 amide bonds. The van der Waals surface area contributed by atoms with Crippen LogP contribution in [-0.2, 0) is 6.42 Å². The zero-order valence-electron chi connectivity index (χ0n) is 11.8. The van der Waals surface area contributed by atoms with Gasteiger partial charge in [-0.25, -0.2) is 4.79 Å². The number of carbonyl (C=O) groups is 1. The molecule has 0 radical (unpaired) electrons. The number of benzene rings is 2. The largest absolute Gasteiger partial charge is 0.475 e. The van der Waals surface area contributed by atoms with Crippen LogP contribution in [0.4, 0.5) is 0 Å². The first kappa shape index (κ1) is 13.4. The van der Waals surface area contributed by atoms with Gasteiger partial charge in [-0.15, -0.1) is 0 Å². The molecule has 1 N–H and O–H groups in total. The van der Waals surface area contributed by atoms with Crippen LogP contribution in [0.2, 0.25) is 0 Å². The lowest BCUT2D eigenvalue weighted by Crippen LogP contribution is -1.98. The van der Waals surface area contributed by atoms with Gasteiger partial charge in [-0.3, -0.25) is 0 Å². The zero-order chi connectivity index (χ0) is 14.8. The first-order valence-corrected chi connectivity index (χ1v) is 7.05. The van der Waals surface area contributed by atoms with Gasteiger partial charge in [0.25, 0.3) is 0 Å². The van der Waals surface area contributed by atoms with E-state index in [2.05, 4.69) is 0 Å². The Balaban J connectivity index is 2.20. The van der Waals surface area contributed by atoms with Crippen molar-refractivity contribution in [1.29, 1.82) is 0 Å². The number of aryl methyl sites for hydroxylation is 1. The summed E-state index contributed by atoms with van der Waals surface area (Å²) < 4.78 is 5.50. The van der Waals surface area contributed by atoms with Crippen LogP contribution in [-0.4, -0.2) is 11.1 Å². The molecule has 3 rings (SSSR count). The molecule has 21 heavy (non-hydrogen) atoms. The van der Waals surface area contributed by atoms with Crippen molar-refractivity contribution >= 4 is 16.9 Å². The quantitative estimate of drug-likeness (QED) is 0.750. The molecule has 0 atom stereocenters. The van der Waals surface area contributed by atoms with Crippen molar-refractivity contribution in [3.63, 3.8) is 0 Å². The topological polar surface area (TPSA) is 50.4 Å². The van der Waals surface area contributed by atoms with Gasteiger partial charge in [0.2, 0.25) is 5.76 Å². The van der Waals surface area contributed by atoms with Crippen molar-refractivity contribution < 1.29 is 14.3 Å². The second-order valence-electron chi connectivity index (χ2n) is 5.04. The Bertz CT molecular complexity index is 785. The summed E-state index contributed by atoms with van der Waals surface area (Å²) in [4.78, 5) is 11.3. The lowest BCUT2D eigenvalue weighted by molar-refractivity contribution is 0.0663. The zero-order valence-corrected chi connectivity index (χ0v) is 11.8. The van der Waals surface area contributed by atoms with Gasteiger partial charge < -0.3 is 9.52 Å². The third kappa shape index (κ3) is 2.42. The Labute approximate surface area is 122 Å². The summed E-state index contributed by atoms with van der Waals surface area (Å²) in [6, 6.07) is 15.9. The second kappa shape index (κ2) is 5.44. The molecule has 0 aliphatic rings. The maximum atomic E-state index is 11.3. The van der Waals surface area contributed by atoms with E-state index in [0.717, 1.165) is 28.5 Å². The number of fused-ring (bicyclic) bond motifs is 1. The first-order chi connectivity index (χ1) is 10.2. The van der Waals surface area contributed by atoms with Gasteiger partial charge in [0, 0.05) is 10.9 Å². The number of carboxylic acids is 1. The number of hydrogen-bond acceptors (Lipinski definition) is 2. The molecule has 1 heterocycles. The molecule has 0 unspecified atom stereocenters. The van der Waals surface area contributed by atoms with E-state index in [1.54, 1.807) is 0 Å². The van der Waals surface area contributed by atoms with Crippen molar-refractivity contribution in [2.24, 2.45) is 0 Å². The SMILES string of the molecule is CCCc1c(C(=O)O)oc2ccc(-c3ccccc3)cc12. The Kier molecular flexibility index (Phi) is 3.48. The van der Waals surface area contributed by atoms with Crippen molar-refractivity contribution in [2.45, 2.75) is 19.8 Å². The van der Waals surface area contributed by atoms with Crippen LogP contribution in [0.15, 0.2) is 52.9 Å². The van der Waals surface area contributed by atoms with Crippen LogP contribution >= 0.6 is 0 Å². The van der Waals surface area contributed by atoms with Crippen molar-refractivity contribution in [1.82, 2.24) is 0 Å². The highest BCUT2D eigenvalue weighted by Crippen LogP contribution is 2.31. The molecule has 106 valence electrons. The van der Waals surface area contributed by atoms with E-state index in [0.29, 0.717) is 12.0 Å². The van der Waals surface area contributed by atoms with Crippen LogP contribution in [0.1, 0.15) is 29.5 Å². The molecule has 0 aliphatic heterocycles. The average Bonchev–Trinajstić information content (AvgIpc) is 2.87. The van der Waals surface area contributed by atoms with Crippen molar-refractivity contribution in [2.75, 3.05) is 0 Å². The average molecular weight is 280 g/mol. The molecule has 0 fully saturated rings. The summed E-state index contributed by atoms with van der Waals surface area (Å²) in [5.74, 6) is -0.937. The standard InChI is InChI=1S/C18H16O3/c1-2-6-14-15-11-13(12-7-4-3-5-8-12)9-10-16(15)21-17(14)18(19)20/h3-5,7-11H,2,6H2,1H3,(H,19,20). The first-order valence-electron chi connectivity index (χ1n) is 7.05. The minimum Gasteiger partial charge on any atom is -0.475 e. The van der Waals surface area contributed by atoms with Gasteiger partial charge >= 0.3 is 5.97 Å². The number of aromatic carboxylic acids is 1. The number of rotatable bonds is 4. The fraction of sp³-hybridized carbons (Fsp3) is 0.167. The number of carboxylic acid groups (broad SMARTS) is 1. The molecule has 1 aromatic heterocycles. The molecule has 3 nitrogen and oxygen atoms in total. The minimum atomic E-state index is -1.00. The van der Waals surface area contributed by atoms with Gasteiger partial charge in [0.1, 0.15) is 5.58 Å². The van der Waals surface area contributed by atoms with Crippen LogP contribution in [0, 0.1) is 0 Å². The minimum absolute atomic E-state index is 0.0667. The van der Waals surface area contributed by atoms with Crippen LogP contribution in [0.3, 0.4) is 0 Å². The third-order valence-electron chi connectivity index (χ3n) is 3.59. The van der Waals surface area contributed by atoms with E-state index >= 15 is 0 Å². The second-order valence-corrected chi connectivity index (χ2v) is 5.04. The maximum Gasteiger partial charge on any atom is 0.372 e. The van der Waals surface area contributed by atoms with Crippen LogP contribution in [0.25, 0.3) is 22.1 Å². The number of hydrogen-bond donors (Lipinski definition) is 1. The summed E-state index contributed by atoms with van der Waals surface area (Å²) in [7, 11) is 0. The monoisotopic (exact) mass is 280 g/mol. The Morgan fingerprint density at radius 1 is 1.10 bits per heavy atom. The van der Waals surface area contributed by atoms with Gasteiger partial charge in [0.05, 0.1) is 0 Å². The Hall–Kier alpha value is -2.55. The Morgan fingerprint density at radius 3 is 2.52 bits per heavy atom. The van der Waals surface area contributed by atoms with E-state index in [1.807, 2.05) is 55.5 Å². The highest BCUT2D eigenvalue weighted by atomic mass is 16.4. The summed E-state index contributed by atoms with van der Waals surface area (Å²) >= 11 is 0. The maximum absolute atomic E-state index is 11.3. The molecule has 0 saturated heterocycles. The highest BCUT2D eigenvalue weighted by molar-refractivity contribution is 5.96. The summed E-state index contributed by atoms with van der Waals surface area (Å²) in [5.41, 5.74) is 3.60. The molecular formula is C18H16O3. The van der Waals surface area contributed by atoms with E-state index in [1.165, 1.54) is 0 Å². The van der Waals surface area contributed by atoms with Crippen molar-refractivity contribution in [3.05, 3.63) is 59.9 Å².